The van der Waals surface area contributed by atoms with Gasteiger partial charge >= 0.3 is 5.97 Å². The van der Waals surface area contributed by atoms with Crippen LogP contribution in [0.1, 0.15) is 35.2 Å². The van der Waals surface area contributed by atoms with E-state index in [2.05, 4.69) is 26.0 Å². The van der Waals surface area contributed by atoms with Gasteiger partial charge in [0.25, 0.3) is 5.82 Å². The lowest BCUT2D eigenvalue weighted by molar-refractivity contribution is 0.0683. The van der Waals surface area contributed by atoms with Crippen LogP contribution in [0.25, 0.3) is 5.69 Å². The monoisotopic (exact) mass is 343 g/mol. The minimum atomic E-state index is -1.29. The number of halogens is 3. The first-order valence-electron chi connectivity index (χ1n) is 5.82. The predicted octanol–water partition coefficient (Wildman–Crippen LogP) is 2.88. The second-order valence-electron chi connectivity index (χ2n) is 4.50. The molecule has 2 aromatic rings. The Morgan fingerprint density at radius 3 is 2.65 bits per heavy atom. The Morgan fingerprint density at radius 2 is 2.10 bits per heavy atom. The molecule has 1 aliphatic rings. The van der Waals surface area contributed by atoms with Gasteiger partial charge in [-0.25, -0.2) is 23.2 Å². The number of aromatic nitrogens is 3. The van der Waals surface area contributed by atoms with Gasteiger partial charge in [0, 0.05) is 16.5 Å². The summed E-state index contributed by atoms with van der Waals surface area (Å²) in [6.07, 6.45) is 1.69. The molecule has 1 aliphatic carbocycles. The fourth-order valence-electron chi connectivity index (χ4n) is 1.92. The van der Waals surface area contributed by atoms with Crippen LogP contribution in [0.2, 0.25) is 0 Å². The average molecular weight is 344 g/mol. The van der Waals surface area contributed by atoms with Crippen molar-refractivity contribution >= 4 is 21.9 Å². The highest BCUT2D eigenvalue weighted by Gasteiger charge is 2.32. The molecular formula is C12H8BrF2N3O2. The number of hydrogen-bond acceptors (Lipinski definition) is 3. The fraction of sp³-hybridized carbons (Fsp3) is 0.250. The van der Waals surface area contributed by atoms with E-state index in [4.69, 9.17) is 5.11 Å². The van der Waals surface area contributed by atoms with E-state index in [0.717, 1.165) is 29.7 Å². The van der Waals surface area contributed by atoms with E-state index in [0.29, 0.717) is 5.82 Å². The maximum atomic E-state index is 14.0. The number of benzene rings is 1. The van der Waals surface area contributed by atoms with Crippen molar-refractivity contribution < 1.29 is 18.7 Å². The van der Waals surface area contributed by atoms with Crippen LogP contribution in [0.3, 0.4) is 0 Å². The molecule has 0 aliphatic heterocycles. The molecule has 1 heterocycles. The number of rotatable bonds is 3. The summed E-state index contributed by atoms with van der Waals surface area (Å²) in [5, 5.41) is 12.8. The molecule has 0 unspecified atom stereocenters. The summed E-state index contributed by atoms with van der Waals surface area (Å²) < 4.78 is 28.4. The smallest absolute Gasteiger partial charge is 0.375 e. The second kappa shape index (κ2) is 4.62. The van der Waals surface area contributed by atoms with Crippen LogP contribution in [-0.4, -0.2) is 25.8 Å². The molecule has 1 N–H and O–H groups in total. The standard InChI is InChI=1S/C12H8BrF2N3O2/c13-7-3-6(14)4-8(15)9(7)18-11(5-1-2-5)16-10(17-18)12(19)20/h3-5H,1-2H2,(H,19,20). The van der Waals surface area contributed by atoms with Crippen molar-refractivity contribution in [2.75, 3.05) is 0 Å². The molecule has 0 saturated heterocycles. The Bertz CT molecular complexity index is 690. The third-order valence-corrected chi connectivity index (χ3v) is 3.56. The average Bonchev–Trinajstić information content (AvgIpc) is 3.09. The van der Waals surface area contributed by atoms with Crippen molar-refractivity contribution in [1.82, 2.24) is 14.8 Å². The molecule has 0 radical (unpaired) electrons. The van der Waals surface area contributed by atoms with E-state index in [1.54, 1.807) is 0 Å². The Kier molecular flexibility index (Phi) is 3.04. The normalized spacial score (nSPS) is 14.6. The van der Waals surface area contributed by atoms with Crippen LogP contribution in [0.15, 0.2) is 16.6 Å². The number of carboxylic acids is 1. The summed E-state index contributed by atoms with van der Waals surface area (Å²) in [6.45, 7) is 0. The summed E-state index contributed by atoms with van der Waals surface area (Å²) in [7, 11) is 0. The van der Waals surface area contributed by atoms with Gasteiger partial charge in [0.15, 0.2) is 5.82 Å². The van der Waals surface area contributed by atoms with Crippen molar-refractivity contribution in [3.05, 3.63) is 39.9 Å². The highest BCUT2D eigenvalue weighted by Crippen LogP contribution is 2.40. The van der Waals surface area contributed by atoms with Crippen LogP contribution >= 0.6 is 15.9 Å². The van der Waals surface area contributed by atoms with E-state index in [-0.39, 0.29) is 16.1 Å². The molecule has 0 spiro atoms. The quantitative estimate of drug-likeness (QED) is 0.930. The van der Waals surface area contributed by atoms with E-state index < -0.39 is 23.4 Å². The molecule has 1 aromatic heterocycles. The first kappa shape index (κ1) is 13.2. The van der Waals surface area contributed by atoms with E-state index in [1.807, 2.05) is 0 Å². The Hall–Kier alpha value is -1.83. The van der Waals surface area contributed by atoms with Crippen molar-refractivity contribution in [1.29, 1.82) is 0 Å². The molecule has 104 valence electrons. The molecule has 8 heteroatoms. The maximum absolute atomic E-state index is 14.0. The van der Waals surface area contributed by atoms with Gasteiger partial charge in [-0.2, -0.15) is 0 Å². The molecule has 0 bridgehead atoms. The molecule has 0 atom stereocenters. The van der Waals surface area contributed by atoms with Crippen LogP contribution in [0, 0.1) is 11.6 Å². The highest BCUT2D eigenvalue weighted by molar-refractivity contribution is 9.10. The molecule has 1 saturated carbocycles. The summed E-state index contributed by atoms with van der Waals surface area (Å²) in [5.74, 6) is -2.81. The Balaban J connectivity index is 2.21. The lowest BCUT2D eigenvalue weighted by atomic mass is 10.3. The van der Waals surface area contributed by atoms with Gasteiger partial charge in [-0.3, -0.25) is 0 Å². The first-order valence-corrected chi connectivity index (χ1v) is 6.62. The number of carboxylic acid groups (broad SMARTS) is 1. The lowest BCUT2D eigenvalue weighted by Crippen LogP contribution is -2.07. The molecular weight excluding hydrogens is 336 g/mol. The first-order chi connectivity index (χ1) is 9.47. The van der Waals surface area contributed by atoms with Crippen molar-refractivity contribution in [3.63, 3.8) is 0 Å². The zero-order chi connectivity index (χ0) is 14.4. The third-order valence-electron chi connectivity index (χ3n) is 2.96. The molecule has 0 amide bonds. The van der Waals surface area contributed by atoms with Crippen molar-refractivity contribution in [2.24, 2.45) is 0 Å². The summed E-state index contributed by atoms with van der Waals surface area (Å²) in [4.78, 5) is 14.9. The Labute approximate surface area is 120 Å². The van der Waals surface area contributed by atoms with Gasteiger partial charge in [-0.05, 0) is 34.8 Å². The van der Waals surface area contributed by atoms with Crippen LogP contribution < -0.4 is 0 Å². The van der Waals surface area contributed by atoms with Gasteiger partial charge in [0.1, 0.15) is 17.3 Å². The zero-order valence-electron chi connectivity index (χ0n) is 9.98. The van der Waals surface area contributed by atoms with Crippen molar-refractivity contribution in [3.8, 4) is 5.69 Å². The summed E-state index contributed by atoms with van der Waals surface area (Å²) in [5.41, 5.74) is -0.0340. The summed E-state index contributed by atoms with van der Waals surface area (Å²) >= 11 is 3.07. The highest BCUT2D eigenvalue weighted by atomic mass is 79.9. The number of aromatic carboxylic acids is 1. The summed E-state index contributed by atoms with van der Waals surface area (Å²) in [6, 6.07) is 1.82. The number of carbonyl (C=O) groups is 1. The molecule has 20 heavy (non-hydrogen) atoms. The maximum Gasteiger partial charge on any atom is 0.375 e. The molecule has 1 aromatic carbocycles. The Morgan fingerprint density at radius 1 is 1.40 bits per heavy atom. The van der Waals surface area contributed by atoms with Gasteiger partial charge in [-0.15, -0.1) is 5.10 Å². The number of nitrogens with zero attached hydrogens (tertiary/aromatic N) is 3. The van der Waals surface area contributed by atoms with Gasteiger partial charge < -0.3 is 5.11 Å². The third kappa shape index (κ3) is 2.20. The van der Waals surface area contributed by atoms with Crippen molar-refractivity contribution in [2.45, 2.75) is 18.8 Å². The van der Waals surface area contributed by atoms with E-state index in [1.165, 1.54) is 0 Å². The number of hydrogen-bond donors (Lipinski definition) is 1. The fourth-order valence-corrected chi connectivity index (χ4v) is 2.50. The SMILES string of the molecule is O=C(O)c1nc(C2CC2)n(-c2c(F)cc(F)cc2Br)n1. The van der Waals surface area contributed by atoms with Crippen LogP contribution in [0.5, 0.6) is 0 Å². The topological polar surface area (TPSA) is 68.0 Å². The van der Waals surface area contributed by atoms with Crippen LogP contribution in [0.4, 0.5) is 8.78 Å². The molecule has 1 fully saturated rings. The van der Waals surface area contributed by atoms with Gasteiger partial charge in [0.05, 0.1) is 0 Å². The second-order valence-corrected chi connectivity index (χ2v) is 5.36. The lowest BCUT2D eigenvalue weighted by Gasteiger charge is -2.08. The molecule has 5 nitrogen and oxygen atoms in total. The van der Waals surface area contributed by atoms with E-state index in [9.17, 15) is 13.6 Å². The van der Waals surface area contributed by atoms with Gasteiger partial charge in [0.2, 0.25) is 0 Å². The van der Waals surface area contributed by atoms with Gasteiger partial charge in [-0.1, -0.05) is 0 Å². The molecule has 3 rings (SSSR count). The minimum Gasteiger partial charge on any atom is -0.475 e. The largest absolute Gasteiger partial charge is 0.475 e. The minimum absolute atomic E-state index is 0.0340. The van der Waals surface area contributed by atoms with Crippen LogP contribution in [-0.2, 0) is 0 Å². The van der Waals surface area contributed by atoms with E-state index >= 15 is 0 Å². The zero-order valence-corrected chi connectivity index (χ0v) is 11.6. The predicted molar refractivity (Wildman–Crippen MR) is 67.9 cm³/mol.